The third-order valence-electron chi connectivity index (χ3n) is 9.41. The first-order chi connectivity index (χ1) is 23.8. The fourth-order valence-corrected chi connectivity index (χ4v) is 6.87. The molecule has 0 amide bonds. The van der Waals surface area contributed by atoms with Crippen molar-refractivity contribution in [1.82, 2.24) is 4.98 Å². The number of anilines is 2. The Balaban J connectivity index is 0.991. The summed E-state index contributed by atoms with van der Waals surface area (Å²) in [6.45, 7) is 0. The Morgan fingerprint density at radius 2 is 1.10 bits per heavy atom. The molecule has 0 spiro atoms. The third-order valence-corrected chi connectivity index (χ3v) is 9.41. The zero-order valence-electron chi connectivity index (χ0n) is 26.3. The van der Waals surface area contributed by atoms with Gasteiger partial charge in [0.05, 0.1) is 6.04 Å². The Hall–Kier alpha value is -6.19. The van der Waals surface area contributed by atoms with E-state index in [0.29, 0.717) is 5.89 Å². The summed E-state index contributed by atoms with van der Waals surface area (Å²) >= 11 is 0. The van der Waals surface area contributed by atoms with Gasteiger partial charge in [0, 0.05) is 22.3 Å². The Morgan fingerprint density at radius 3 is 1.81 bits per heavy atom. The van der Waals surface area contributed by atoms with E-state index in [1.165, 1.54) is 33.2 Å². The van der Waals surface area contributed by atoms with Gasteiger partial charge in [-0.15, -0.1) is 0 Å². The highest BCUT2D eigenvalue weighted by molar-refractivity contribution is 6.03. The highest BCUT2D eigenvalue weighted by Gasteiger charge is 2.19. The largest absolute Gasteiger partial charge is 0.435 e. The predicted molar refractivity (Wildman–Crippen MR) is 201 cm³/mol. The molecule has 1 aliphatic rings. The summed E-state index contributed by atoms with van der Waals surface area (Å²) in [5.74, 6) is 0.639. The summed E-state index contributed by atoms with van der Waals surface area (Å²) in [5, 5.41) is 4.76. The minimum Gasteiger partial charge on any atom is -0.435 e. The standard InChI is InChI=1S/C45H32N2O/c1-2-11-39(12-3-1)47(41-27-22-34(23-28-41)38-19-16-31-8-4-5-10-37(31)30-38)40-25-20-33(21-26-40)32-14-17-36(18-15-32)45-46-43-29-24-35-9-6-7-13-42(35)44(43)48-45/h1-11,13-30,39H,12H2. The quantitative estimate of drug-likeness (QED) is 0.186. The fourth-order valence-electron chi connectivity index (χ4n) is 6.87. The molecule has 0 saturated carbocycles. The molecule has 0 radical (unpaired) electrons. The number of nitrogens with zero attached hydrogens (tertiary/aromatic N) is 2. The van der Waals surface area contributed by atoms with E-state index < -0.39 is 0 Å². The van der Waals surface area contributed by atoms with Crippen molar-refractivity contribution in [3.8, 4) is 33.7 Å². The van der Waals surface area contributed by atoms with Crippen LogP contribution in [0.4, 0.5) is 11.4 Å². The predicted octanol–water partition coefficient (Wildman–Crippen LogP) is 12.2. The molecule has 9 rings (SSSR count). The van der Waals surface area contributed by atoms with Crippen molar-refractivity contribution in [3.05, 3.63) is 176 Å². The van der Waals surface area contributed by atoms with Crippen molar-refractivity contribution < 1.29 is 4.42 Å². The van der Waals surface area contributed by atoms with Crippen LogP contribution in [0.15, 0.2) is 180 Å². The van der Waals surface area contributed by atoms with E-state index >= 15 is 0 Å². The van der Waals surface area contributed by atoms with Gasteiger partial charge < -0.3 is 9.32 Å². The molecule has 1 unspecified atom stereocenters. The van der Waals surface area contributed by atoms with E-state index in [1.54, 1.807) is 0 Å². The fraction of sp³-hybridized carbons (Fsp3) is 0.0444. The van der Waals surface area contributed by atoms with Crippen molar-refractivity contribution in [1.29, 1.82) is 0 Å². The monoisotopic (exact) mass is 616 g/mol. The summed E-state index contributed by atoms with van der Waals surface area (Å²) in [6, 6.07) is 54.2. The van der Waals surface area contributed by atoms with Gasteiger partial charge in [-0.1, -0.05) is 127 Å². The lowest BCUT2D eigenvalue weighted by Crippen LogP contribution is -2.29. The van der Waals surface area contributed by atoms with Gasteiger partial charge in [0.2, 0.25) is 5.89 Å². The summed E-state index contributed by atoms with van der Waals surface area (Å²) in [6.07, 6.45) is 9.78. The second-order valence-corrected chi connectivity index (χ2v) is 12.4. The highest BCUT2D eigenvalue weighted by Crippen LogP contribution is 2.36. The molecule has 3 heteroatoms. The molecule has 1 atom stereocenters. The summed E-state index contributed by atoms with van der Waals surface area (Å²) in [4.78, 5) is 7.23. The van der Waals surface area contributed by atoms with E-state index in [0.717, 1.165) is 45.1 Å². The van der Waals surface area contributed by atoms with Crippen LogP contribution in [0.5, 0.6) is 0 Å². The lowest BCUT2D eigenvalue weighted by Gasteiger charge is -2.33. The maximum Gasteiger partial charge on any atom is 0.227 e. The van der Waals surface area contributed by atoms with E-state index in [4.69, 9.17) is 9.40 Å². The van der Waals surface area contributed by atoms with Crippen LogP contribution in [0.3, 0.4) is 0 Å². The number of allylic oxidation sites excluding steroid dienone is 2. The van der Waals surface area contributed by atoms with Crippen molar-refractivity contribution in [2.45, 2.75) is 12.5 Å². The molecule has 0 aliphatic heterocycles. The van der Waals surface area contributed by atoms with Gasteiger partial charge in [0.15, 0.2) is 5.58 Å². The number of hydrogen-bond acceptors (Lipinski definition) is 3. The molecule has 7 aromatic carbocycles. The number of aromatic nitrogens is 1. The minimum atomic E-state index is 0.236. The van der Waals surface area contributed by atoms with Crippen LogP contribution < -0.4 is 4.90 Å². The van der Waals surface area contributed by atoms with Crippen LogP contribution in [0.2, 0.25) is 0 Å². The smallest absolute Gasteiger partial charge is 0.227 e. The van der Waals surface area contributed by atoms with Gasteiger partial charge in [-0.3, -0.25) is 0 Å². The first-order valence-electron chi connectivity index (χ1n) is 16.5. The number of oxazole rings is 1. The van der Waals surface area contributed by atoms with Crippen LogP contribution in [0.1, 0.15) is 6.42 Å². The maximum absolute atomic E-state index is 6.28. The highest BCUT2D eigenvalue weighted by atomic mass is 16.3. The first-order valence-corrected chi connectivity index (χ1v) is 16.5. The Morgan fingerprint density at radius 1 is 0.521 bits per heavy atom. The molecule has 48 heavy (non-hydrogen) atoms. The van der Waals surface area contributed by atoms with Gasteiger partial charge in [0.1, 0.15) is 5.52 Å². The molecule has 228 valence electrons. The molecule has 1 aromatic heterocycles. The second kappa shape index (κ2) is 11.9. The van der Waals surface area contributed by atoms with Gasteiger partial charge in [0.25, 0.3) is 0 Å². The Labute approximate surface area is 279 Å². The van der Waals surface area contributed by atoms with E-state index in [-0.39, 0.29) is 6.04 Å². The van der Waals surface area contributed by atoms with Gasteiger partial charge in [-0.25, -0.2) is 4.98 Å². The normalized spacial score (nSPS) is 14.2. The zero-order chi connectivity index (χ0) is 31.9. The van der Waals surface area contributed by atoms with E-state index in [9.17, 15) is 0 Å². The SMILES string of the molecule is C1=CCC(N(c2ccc(-c3ccc(-c4nc5ccc6ccccc6c5o4)cc3)cc2)c2ccc(-c3ccc4ccccc4c3)cc2)C=C1. The van der Waals surface area contributed by atoms with Crippen molar-refractivity contribution in [2.75, 3.05) is 4.90 Å². The van der Waals surface area contributed by atoms with Crippen LogP contribution in [-0.2, 0) is 0 Å². The molecule has 8 aromatic rings. The number of benzene rings is 7. The number of fused-ring (bicyclic) bond motifs is 4. The van der Waals surface area contributed by atoms with Crippen LogP contribution in [0, 0.1) is 0 Å². The lowest BCUT2D eigenvalue weighted by atomic mass is 9.99. The molecule has 1 aliphatic carbocycles. The van der Waals surface area contributed by atoms with E-state index in [1.807, 2.05) is 18.2 Å². The molecular formula is C45H32N2O. The van der Waals surface area contributed by atoms with Crippen LogP contribution in [0.25, 0.3) is 66.4 Å². The van der Waals surface area contributed by atoms with Crippen LogP contribution in [-0.4, -0.2) is 11.0 Å². The van der Waals surface area contributed by atoms with Crippen molar-refractivity contribution in [3.63, 3.8) is 0 Å². The minimum absolute atomic E-state index is 0.236. The lowest BCUT2D eigenvalue weighted by molar-refractivity contribution is 0.623. The molecule has 0 N–H and O–H groups in total. The molecule has 0 bridgehead atoms. The molecule has 3 nitrogen and oxygen atoms in total. The van der Waals surface area contributed by atoms with Gasteiger partial charge in [-0.05, 0) is 93.4 Å². The molecular weight excluding hydrogens is 585 g/mol. The molecule has 0 saturated heterocycles. The van der Waals surface area contributed by atoms with Gasteiger partial charge >= 0.3 is 0 Å². The van der Waals surface area contributed by atoms with Gasteiger partial charge in [-0.2, -0.15) is 0 Å². The van der Waals surface area contributed by atoms with Crippen LogP contribution >= 0.6 is 0 Å². The molecule has 1 heterocycles. The Kier molecular flexibility index (Phi) is 6.94. The zero-order valence-corrected chi connectivity index (χ0v) is 26.3. The van der Waals surface area contributed by atoms with Crippen molar-refractivity contribution >= 4 is 44.0 Å². The number of hydrogen-bond donors (Lipinski definition) is 0. The summed E-state index contributed by atoms with van der Waals surface area (Å²) < 4.78 is 6.28. The molecule has 0 fully saturated rings. The average molecular weight is 617 g/mol. The maximum atomic E-state index is 6.28. The topological polar surface area (TPSA) is 29.3 Å². The third kappa shape index (κ3) is 5.16. The van der Waals surface area contributed by atoms with Crippen molar-refractivity contribution in [2.24, 2.45) is 0 Å². The van der Waals surface area contributed by atoms with E-state index in [2.05, 4.69) is 163 Å². The summed E-state index contributed by atoms with van der Waals surface area (Å²) in [7, 11) is 0. The average Bonchev–Trinajstić information content (AvgIpc) is 3.61. The Bertz CT molecular complexity index is 2470. The summed E-state index contributed by atoms with van der Waals surface area (Å²) in [5.41, 5.74) is 9.77. The first kappa shape index (κ1) is 28.1. The second-order valence-electron chi connectivity index (χ2n) is 12.4. The number of rotatable bonds is 6.